The molecule has 0 spiro atoms. The highest BCUT2D eigenvalue weighted by Crippen LogP contribution is 2.21. The van der Waals surface area contributed by atoms with Gasteiger partial charge in [-0.05, 0) is 12.5 Å². The van der Waals surface area contributed by atoms with E-state index in [0.29, 0.717) is 18.8 Å². The number of urea groups is 1. The van der Waals surface area contributed by atoms with Crippen LogP contribution in [0, 0.1) is 10.1 Å². The average molecular weight is 309 g/mol. The second-order valence-electron chi connectivity index (χ2n) is 4.60. The fraction of sp³-hybridized carbons (Fsp3) is 0.385. The number of nitrogens with zero attached hydrogens (tertiary/aromatic N) is 2. The van der Waals surface area contributed by atoms with Gasteiger partial charge in [0.15, 0.2) is 0 Å². The molecule has 1 atom stereocenters. The molecular formula is C13H15N3O4S. The van der Waals surface area contributed by atoms with Gasteiger partial charge in [-0.25, -0.2) is 4.79 Å². The second-order valence-corrected chi connectivity index (χ2v) is 5.93. The monoisotopic (exact) mass is 309 g/mol. The summed E-state index contributed by atoms with van der Waals surface area (Å²) in [5.41, 5.74) is 0.942. The highest BCUT2D eigenvalue weighted by atomic mass is 32.2. The minimum Gasteiger partial charge on any atom is -0.336 e. The SMILES string of the molecule is C[C@@H](SCc1ccc([N+](=O)[O-])cc1)C(=O)N1CCNC1=O. The first-order valence-electron chi connectivity index (χ1n) is 6.43. The molecule has 112 valence electrons. The molecule has 1 N–H and O–H groups in total. The predicted octanol–water partition coefficient (Wildman–Crippen LogP) is 1.77. The summed E-state index contributed by atoms with van der Waals surface area (Å²) in [7, 11) is 0. The van der Waals surface area contributed by atoms with E-state index in [9.17, 15) is 19.7 Å². The molecule has 3 amide bonds. The van der Waals surface area contributed by atoms with E-state index in [4.69, 9.17) is 0 Å². The largest absolute Gasteiger partial charge is 0.336 e. The molecule has 7 nitrogen and oxygen atoms in total. The number of nitro groups is 1. The molecule has 0 bridgehead atoms. The zero-order valence-electron chi connectivity index (χ0n) is 11.4. The van der Waals surface area contributed by atoms with E-state index >= 15 is 0 Å². The number of nitro benzene ring substituents is 1. The van der Waals surface area contributed by atoms with Crippen molar-refractivity contribution in [2.75, 3.05) is 13.1 Å². The number of imide groups is 1. The maximum Gasteiger partial charge on any atom is 0.324 e. The first-order valence-corrected chi connectivity index (χ1v) is 7.48. The minimum atomic E-state index is -0.449. The molecule has 1 aromatic rings. The van der Waals surface area contributed by atoms with Crippen LogP contribution in [-0.2, 0) is 10.5 Å². The summed E-state index contributed by atoms with van der Waals surface area (Å²) in [6, 6.07) is 5.88. The molecule has 0 unspecified atom stereocenters. The smallest absolute Gasteiger partial charge is 0.324 e. The third-order valence-corrected chi connectivity index (χ3v) is 4.32. The van der Waals surface area contributed by atoms with Crippen LogP contribution in [0.1, 0.15) is 12.5 Å². The molecule has 0 aromatic heterocycles. The maximum absolute atomic E-state index is 12.1. The summed E-state index contributed by atoms with van der Waals surface area (Å²) >= 11 is 1.40. The van der Waals surface area contributed by atoms with Crippen LogP contribution >= 0.6 is 11.8 Å². The van der Waals surface area contributed by atoms with Gasteiger partial charge < -0.3 is 5.32 Å². The molecule has 1 aliphatic rings. The van der Waals surface area contributed by atoms with Gasteiger partial charge in [0.2, 0.25) is 5.91 Å². The quantitative estimate of drug-likeness (QED) is 0.661. The zero-order chi connectivity index (χ0) is 15.4. The molecule has 1 fully saturated rings. The van der Waals surface area contributed by atoms with Crippen molar-refractivity contribution in [1.82, 2.24) is 10.2 Å². The van der Waals surface area contributed by atoms with Crippen LogP contribution < -0.4 is 5.32 Å². The van der Waals surface area contributed by atoms with E-state index in [-0.39, 0.29) is 22.9 Å². The van der Waals surface area contributed by atoms with Crippen molar-refractivity contribution < 1.29 is 14.5 Å². The van der Waals surface area contributed by atoms with Crippen LogP contribution in [0.4, 0.5) is 10.5 Å². The molecule has 1 heterocycles. The summed E-state index contributed by atoms with van der Waals surface area (Å²) in [4.78, 5) is 34.8. The number of nitrogens with one attached hydrogen (secondary N) is 1. The molecule has 0 radical (unpaired) electrons. The van der Waals surface area contributed by atoms with Gasteiger partial charge in [-0.3, -0.25) is 19.8 Å². The molecule has 0 saturated carbocycles. The number of benzene rings is 1. The van der Waals surface area contributed by atoms with Crippen molar-refractivity contribution in [3.8, 4) is 0 Å². The minimum absolute atomic E-state index is 0.0432. The Morgan fingerprint density at radius 2 is 2.14 bits per heavy atom. The summed E-state index contributed by atoms with van der Waals surface area (Å²) in [5, 5.41) is 12.8. The number of carbonyl (C=O) groups excluding carboxylic acids is 2. The van der Waals surface area contributed by atoms with Crippen molar-refractivity contribution >= 4 is 29.4 Å². The van der Waals surface area contributed by atoms with Crippen molar-refractivity contribution in [3.63, 3.8) is 0 Å². The fourth-order valence-corrected chi connectivity index (χ4v) is 2.81. The fourth-order valence-electron chi connectivity index (χ4n) is 1.91. The summed E-state index contributed by atoms with van der Waals surface area (Å²) < 4.78 is 0. The Bertz CT molecular complexity index is 561. The molecule has 21 heavy (non-hydrogen) atoms. The Hall–Kier alpha value is -2.09. The van der Waals surface area contributed by atoms with Gasteiger partial charge in [-0.15, -0.1) is 11.8 Å². The van der Waals surface area contributed by atoms with Crippen LogP contribution in [-0.4, -0.2) is 40.1 Å². The van der Waals surface area contributed by atoms with Gasteiger partial charge in [-0.2, -0.15) is 0 Å². The van der Waals surface area contributed by atoms with E-state index in [0.717, 1.165) is 5.56 Å². The van der Waals surface area contributed by atoms with Crippen LogP contribution in [0.2, 0.25) is 0 Å². The second kappa shape index (κ2) is 6.57. The standard InChI is InChI=1S/C13H15N3O4S/c1-9(12(17)15-7-6-14-13(15)18)21-8-10-2-4-11(5-3-10)16(19)20/h2-5,9H,6-8H2,1H3,(H,14,18)/t9-/m1/s1. The number of hydrogen-bond acceptors (Lipinski definition) is 5. The van der Waals surface area contributed by atoms with Gasteiger partial charge >= 0.3 is 6.03 Å². The number of rotatable bonds is 5. The number of non-ortho nitro benzene ring substituents is 1. The lowest BCUT2D eigenvalue weighted by atomic mass is 10.2. The van der Waals surface area contributed by atoms with Gasteiger partial charge in [0.05, 0.1) is 10.2 Å². The van der Waals surface area contributed by atoms with Gasteiger partial charge in [0.1, 0.15) is 0 Å². The van der Waals surface area contributed by atoms with Crippen molar-refractivity contribution in [2.45, 2.75) is 17.9 Å². The van der Waals surface area contributed by atoms with E-state index in [1.165, 1.54) is 28.8 Å². The van der Waals surface area contributed by atoms with E-state index in [1.54, 1.807) is 19.1 Å². The summed E-state index contributed by atoms with van der Waals surface area (Å²) in [5.74, 6) is 0.345. The van der Waals surface area contributed by atoms with Crippen molar-refractivity contribution in [2.24, 2.45) is 0 Å². The number of carbonyl (C=O) groups is 2. The van der Waals surface area contributed by atoms with E-state index in [2.05, 4.69) is 5.32 Å². The Labute approximate surface area is 125 Å². The van der Waals surface area contributed by atoms with Gasteiger partial charge in [-0.1, -0.05) is 12.1 Å². The topological polar surface area (TPSA) is 92.6 Å². The molecule has 1 aromatic carbocycles. The molecule has 2 rings (SSSR count). The van der Waals surface area contributed by atoms with Crippen LogP contribution in [0.5, 0.6) is 0 Å². The van der Waals surface area contributed by atoms with Crippen LogP contribution in [0.15, 0.2) is 24.3 Å². The molecule has 0 aliphatic carbocycles. The van der Waals surface area contributed by atoms with Crippen molar-refractivity contribution in [1.29, 1.82) is 0 Å². The number of hydrogen-bond donors (Lipinski definition) is 1. The lowest BCUT2D eigenvalue weighted by Crippen LogP contribution is -2.38. The summed E-state index contributed by atoms with van der Waals surface area (Å²) in [6.07, 6.45) is 0. The van der Waals surface area contributed by atoms with Crippen LogP contribution in [0.25, 0.3) is 0 Å². The normalized spacial score (nSPS) is 15.7. The van der Waals surface area contributed by atoms with E-state index in [1.807, 2.05) is 0 Å². The Morgan fingerprint density at radius 3 is 2.67 bits per heavy atom. The zero-order valence-corrected chi connectivity index (χ0v) is 12.3. The Kier molecular flexibility index (Phi) is 4.79. The van der Waals surface area contributed by atoms with E-state index < -0.39 is 4.92 Å². The highest BCUT2D eigenvalue weighted by molar-refractivity contribution is 7.99. The molecule has 1 aliphatic heterocycles. The number of thioether (sulfide) groups is 1. The van der Waals surface area contributed by atoms with Crippen LogP contribution in [0.3, 0.4) is 0 Å². The number of amides is 3. The van der Waals surface area contributed by atoms with Crippen molar-refractivity contribution in [3.05, 3.63) is 39.9 Å². The highest BCUT2D eigenvalue weighted by Gasteiger charge is 2.29. The molecule has 8 heteroatoms. The molecular weight excluding hydrogens is 294 g/mol. The predicted molar refractivity (Wildman–Crippen MR) is 79.0 cm³/mol. The third-order valence-electron chi connectivity index (χ3n) is 3.12. The Morgan fingerprint density at radius 1 is 1.48 bits per heavy atom. The average Bonchev–Trinajstić information content (AvgIpc) is 2.90. The lowest BCUT2D eigenvalue weighted by Gasteiger charge is -2.17. The summed E-state index contributed by atoms with van der Waals surface area (Å²) in [6.45, 7) is 2.65. The third kappa shape index (κ3) is 3.72. The maximum atomic E-state index is 12.1. The Balaban J connectivity index is 1.88. The van der Waals surface area contributed by atoms with Gasteiger partial charge in [0, 0.05) is 31.0 Å². The lowest BCUT2D eigenvalue weighted by molar-refractivity contribution is -0.384. The first-order chi connectivity index (χ1) is 9.99. The molecule has 1 saturated heterocycles. The van der Waals surface area contributed by atoms with Gasteiger partial charge in [0.25, 0.3) is 5.69 Å². The first kappa shape index (κ1) is 15.3.